The summed E-state index contributed by atoms with van der Waals surface area (Å²) in [6.07, 6.45) is 2.87. The molecule has 0 aliphatic heterocycles. The molecule has 0 amide bonds. The molecule has 1 aromatic carbocycles. The van der Waals surface area contributed by atoms with Gasteiger partial charge in [0.05, 0.1) is 78.2 Å². The van der Waals surface area contributed by atoms with E-state index in [0.717, 1.165) is 0 Å². The number of aliphatic hydroxyl groups is 1. The molecule has 0 bridgehead atoms. The quantitative estimate of drug-likeness (QED) is 0.122. The number of hydrogen-bond donors (Lipinski definition) is 1. The van der Waals surface area contributed by atoms with Gasteiger partial charge in [-0.3, -0.25) is 0 Å². The Hall–Kier alpha value is -3.06. The molecule has 218 valence electrons. The van der Waals surface area contributed by atoms with Crippen molar-refractivity contribution in [2.75, 3.05) is 73.7 Å². The van der Waals surface area contributed by atoms with Crippen LogP contribution in [0.4, 0.5) is 0 Å². The zero-order chi connectivity index (χ0) is 28.9. The zero-order valence-electron chi connectivity index (χ0n) is 22.7. The van der Waals surface area contributed by atoms with E-state index >= 15 is 0 Å². The van der Waals surface area contributed by atoms with Gasteiger partial charge in [0.1, 0.15) is 30.7 Å². The zero-order valence-corrected chi connectivity index (χ0v) is 22.7. The van der Waals surface area contributed by atoms with Crippen LogP contribution in [0, 0.1) is 0 Å². The summed E-state index contributed by atoms with van der Waals surface area (Å²) in [5.74, 6) is -1.03. The highest BCUT2D eigenvalue weighted by Crippen LogP contribution is 2.20. The molecule has 0 aliphatic rings. The molecule has 0 saturated heterocycles. The predicted octanol–water partition coefficient (Wildman–Crippen LogP) is 2.38. The molecule has 0 aromatic heterocycles. The Labute approximate surface area is 229 Å². The molecule has 0 aliphatic carbocycles. The van der Waals surface area contributed by atoms with Gasteiger partial charge in [-0.2, -0.15) is 0 Å². The van der Waals surface area contributed by atoms with E-state index in [2.05, 4.69) is 19.7 Å². The van der Waals surface area contributed by atoms with Crippen molar-refractivity contribution in [3.05, 3.63) is 67.3 Å². The second-order valence-electron chi connectivity index (χ2n) is 8.08. The van der Waals surface area contributed by atoms with E-state index in [1.165, 1.54) is 32.4 Å². The fraction of sp³-hybridized carbons (Fsp3) is 0.500. The Bertz CT molecular complexity index is 852. The molecular formula is C28H40O11. The normalized spacial score (nSPS) is 13.1. The molecule has 0 fully saturated rings. The first-order valence-electron chi connectivity index (χ1n) is 12.3. The molecule has 39 heavy (non-hydrogen) atoms. The van der Waals surface area contributed by atoms with E-state index in [1.54, 1.807) is 18.2 Å². The van der Waals surface area contributed by atoms with Crippen LogP contribution in [0.2, 0.25) is 0 Å². The van der Waals surface area contributed by atoms with Gasteiger partial charge in [-0.05, 0) is 18.2 Å². The Morgan fingerprint density at radius 2 is 1.18 bits per heavy atom. The summed E-state index contributed by atoms with van der Waals surface area (Å²) in [5, 5.41) is 10.1. The SMILES string of the molecule is C=CCOCC(O)COC(COCC=C)COC(COCC=C)COc1cc(C(=O)OC)cc(C(=O)OC)c1. The minimum absolute atomic E-state index is 0.00732. The third kappa shape index (κ3) is 14.6. The summed E-state index contributed by atoms with van der Waals surface area (Å²) < 4.78 is 43.5. The molecule has 0 spiro atoms. The standard InChI is InChI=1S/C28H40O11/c1-6-9-34-15-23(29)16-37-25(17-35-10-7-2)20-39-26(18-36-11-8-3)19-38-24-13-21(27(30)32-4)12-22(14-24)28(31)33-5/h6-8,12-14,23,25-26,29H,1-3,9-11,15-20H2,4-5H3. The number of hydrogen-bond acceptors (Lipinski definition) is 11. The lowest BCUT2D eigenvalue weighted by molar-refractivity contribution is -0.114. The van der Waals surface area contributed by atoms with Crippen LogP contribution < -0.4 is 4.74 Å². The molecule has 3 atom stereocenters. The molecule has 1 N–H and O–H groups in total. The average molecular weight is 553 g/mol. The minimum atomic E-state index is -0.840. The Kier molecular flexibility index (Phi) is 18.2. The maximum Gasteiger partial charge on any atom is 0.338 e. The second kappa shape index (κ2) is 20.8. The van der Waals surface area contributed by atoms with Gasteiger partial charge in [-0.1, -0.05) is 18.2 Å². The third-order valence-electron chi connectivity index (χ3n) is 4.85. The van der Waals surface area contributed by atoms with Gasteiger partial charge in [-0.25, -0.2) is 9.59 Å². The number of carbonyl (C=O) groups is 2. The first kappa shape index (κ1) is 34.0. The number of methoxy groups -OCH3 is 2. The van der Waals surface area contributed by atoms with Crippen molar-refractivity contribution in [3.8, 4) is 5.75 Å². The van der Waals surface area contributed by atoms with Gasteiger partial charge in [0.25, 0.3) is 0 Å². The molecule has 0 saturated carbocycles. The topological polar surface area (TPSA) is 128 Å². The summed E-state index contributed by atoms with van der Waals surface area (Å²) in [6, 6.07) is 4.25. The van der Waals surface area contributed by atoms with E-state index in [4.69, 9.17) is 37.9 Å². The number of ether oxygens (including phenoxy) is 8. The lowest BCUT2D eigenvalue weighted by Crippen LogP contribution is -2.35. The second-order valence-corrected chi connectivity index (χ2v) is 8.08. The van der Waals surface area contributed by atoms with Crippen molar-refractivity contribution in [2.24, 2.45) is 0 Å². The fourth-order valence-corrected chi connectivity index (χ4v) is 3.02. The van der Waals surface area contributed by atoms with Crippen LogP contribution in [-0.2, 0) is 33.2 Å². The van der Waals surface area contributed by atoms with Crippen molar-refractivity contribution in [1.82, 2.24) is 0 Å². The van der Waals surface area contributed by atoms with Crippen molar-refractivity contribution in [3.63, 3.8) is 0 Å². The van der Waals surface area contributed by atoms with Crippen LogP contribution in [-0.4, -0.2) is 109 Å². The fourth-order valence-electron chi connectivity index (χ4n) is 3.02. The minimum Gasteiger partial charge on any atom is -0.491 e. The highest BCUT2D eigenvalue weighted by Gasteiger charge is 2.19. The number of aliphatic hydroxyl groups excluding tert-OH is 1. The van der Waals surface area contributed by atoms with E-state index in [0.29, 0.717) is 19.8 Å². The maximum atomic E-state index is 12.1. The molecule has 3 unspecified atom stereocenters. The van der Waals surface area contributed by atoms with E-state index < -0.39 is 30.3 Å². The van der Waals surface area contributed by atoms with Crippen molar-refractivity contribution < 1.29 is 52.6 Å². The smallest absolute Gasteiger partial charge is 0.338 e. The van der Waals surface area contributed by atoms with Gasteiger partial charge in [0.2, 0.25) is 0 Å². The summed E-state index contributed by atoms with van der Waals surface area (Å²) in [4.78, 5) is 24.1. The van der Waals surface area contributed by atoms with Gasteiger partial charge < -0.3 is 43.0 Å². The van der Waals surface area contributed by atoms with Crippen LogP contribution in [0.1, 0.15) is 20.7 Å². The van der Waals surface area contributed by atoms with Crippen LogP contribution in [0.25, 0.3) is 0 Å². The van der Waals surface area contributed by atoms with Crippen molar-refractivity contribution >= 4 is 11.9 Å². The molecular weight excluding hydrogens is 512 g/mol. The van der Waals surface area contributed by atoms with Gasteiger partial charge in [0, 0.05) is 0 Å². The monoisotopic (exact) mass is 552 g/mol. The highest BCUT2D eigenvalue weighted by molar-refractivity contribution is 5.96. The molecule has 11 heteroatoms. The molecule has 1 rings (SSSR count). The number of rotatable bonds is 23. The van der Waals surface area contributed by atoms with E-state index in [-0.39, 0.29) is 56.5 Å². The molecule has 0 radical (unpaired) electrons. The highest BCUT2D eigenvalue weighted by atomic mass is 16.6. The van der Waals surface area contributed by atoms with Crippen molar-refractivity contribution in [2.45, 2.75) is 18.3 Å². The molecule has 1 aromatic rings. The lowest BCUT2D eigenvalue weighted by atomic mass is 10.1. The summed E-state index contributed by atoms with van der Waals surface area (Å²) >= 11 is 0. The summed E-state index contributed by atoms with van der Waals surface area (Å²) in [7, 11) is 2.47. The molecule has 0 heterocycles. The van der Waals surface area contributed by atoms with E-state index in [9.17, 15) is 14.7 Å². The largest absolute Gasteiger partial charge is 0.491 e. The number of esters is 2. The average Bonchev–Trinajstić information content (AvgIpc) is 2.95. The van der Waals surface area contributed by atoms with Gasteiger partial charge >= 0.3 is 11.9 Å². The maximum absolute atomic E-state index is 12.1. The Balaban J connectivity index is 2.89. The van der Waals surface area contributed by atoms with Crippen LogP contribution in [0.3, 0.4) is 0 Å². The first-order valence-corrected chi connectivity index (χ1v) is 12.3. The van der Waals surface area contributed by atoms with Gasteiger partial charge in [-0.15, -0.1) is 19.7 Å². The Morgan fingerprint density at radius 3 is 1.67 bits per heavy atom. The predicted molar refractivity (Wildman–Crippen MR) is 143 cm³/mol. The Morgan fingerprint density at radius 1 is 0.718 bits per heavy atom. The number of benzene rings is 1. The van der Waals surface area contributed by atoms with Crippen LogP contribution >= 0.6 is 0 Å². The van der Waals surface area contributed by atoms with Crippen molar-refractivity contribution in [1.29, 1.82) is 0 Å². The molecule has 11 nitrogen and oxygen atoms in total. The lowest BCUT2D eigenvalue weighted by Gasteiger charge is -2.24. The van der Waals surface area contributed by atoms with Gasteiger partial charge in [0.15, 0.2) is 0 Å². The summed E-state index contributed by atoms with van der Waals surface area (Å²) in [5.41, 5.74) is 0.249. The summed E-state index contributed by atoms with van der Waals surface area (Å²) in [6.45, 7) is 12.3. The number of carbonyl (C=O) groups excluding carboxylic acids is 2. The third-order valence-corrected chi connectivity index (χ3v) is 4.85. The van der Waals surface area contributed by atoms with Crippen LogP contribution in [0.5, 0.6) is 5.75 Å². The van der Waals surface area contributed by atoms with E-state index in [1.807, 2.05) is 0 Å². The van der Waals surface area contributed by atoms with Crippen LogP contribution in [0.15, 0.2) is 56.2 Å². The first-order chi connectivity index (χ1) is 18.9.